The van der Waals surface area contributed by atoms with Crippen LogP contribution in [-0.2, 0) is 7.05 Å². The van der Waals surface area contributed by atoms with Gasteiger partial charge in [0.05, 0.1) is 5.52 Å². The highest BCUT2D eigenvalue weighted by atomic mass is 19.1. The fourth-order valence-corrected chi connectivity index (χ4v) is 2.10. The highest BCUT2D eigenvalue weighted by molar-refractivity contribution is 6.11. The predicted octanol–water partition coefficient (Wildman–Crippen LogP) is 1.25. The van der Waals surface area contributed by atoms with Crippen LogP contribution in [0.3, 0.4) is 0 Å². The Morgan fingerprint density at radius 2 is 2.21 bits per heavy atom. The lowest BCUT2D eigenvalue weighted by atomic mass is 10.2. The van der Waals surface area contributed by atoms with E-state index in [0.29, 0.717) is 10.9 Å². The van der Waals surface area contributed by atoms with Gasteiger partial charge < -0.3 is 10.1 Å². The van der Waals surface area contributed by atoms with E-state index < -0.39 is 22.9 Å². The van der Waals surface area contributed by atoms with Gasteiger partial charge in [-0.05, 0) is 18.2 Å². The average Bonchev–Trinajstić information content (AvgIpc) is 2.67. The number of nitrogens with zero attached hydrogens (tertiary/aromatic N) is 2. The number of rotatable bonds is 1. The van der Waals surface area contributed by atoms with Crippen molar-refractivity contribution < 1.29 is 14.3 Å². The molecule has 0 aliphatic rings. The Bertz CT molecular complexity index is 894. The summed E-state index contributed by atoms with van der Waals surface area (Å²) in [7, 11) is 1.35. The van der Waals surface area contributed by atoms with Gasteiger partial charge in [-0.25, -0.2) is 13.9 Å². The minimum absolute atomic E-state index is 0.108. The molecular weight excluding hydrogens is 253 g/mol. The van der Waals surface area contributed by atoms with Crippen molar-refractivity contribution in [2.75, 3.05) is 0 Å². The van der Waals surface area contributed by atoms with Crippen LogP contribution in [0.15, 0.2) is 23.0 Å². The number of hydrogen-bond acceptors (Lipinski definition) is 3. The van der Waals surface area contributed by atoms with E-state index in [1.807, 2.05) is 0 Å². The number of halogens is 1. The summed E-state index contributed by atoms with van der Waals surface area (Å²) in [6, 6.07) is 3.97. The van der Waals surface area contributed by atoms with Crippen molar-refractivity contribution in [1.29, 1.82) is 0 Å². The fourth-order valence-electron chi connectivity index (χ4n) is 2.10. The van der Waals surface area contributed by atoms with Crippen LogP contribution in [0.4, 0.5) is 4.39 Å². The number of aryl methyl sites for hydroxylation is 1. The molecule has 2 heterocycles. The van der Waals surface area contributed by atoms with Crippen LogP contribution in [0.5, 0.6) is 0 Å². The minimum Gasteiger partial charge on any atom is -0.477 e. The molecule has 7 heteroatoms. The first-order chi connectivity index (χ1) is 8.99. The lowest BCUT2D eigenvalue weighted by Crippen LogP contribution is -2.26. The van der Waals surface area contributed by atoms with Gasteiger partial charge in [0.15, 0.2) is 5.56 Å². The third kappa shape index (κ3) is 1.51. The molecule has 2 N–H and O–H groups in total. The number of H-pyrrole nitrogens is 1. The molecular formula is C12H8FN3O3. The molecule has 1 aromatic carbocycles. The molecule has 0 bridgehead atoms. The van der Waals surface area contributed by atoms with Crippen LogP contribution >= 0.6 is 0 Å². The number of hydrogen-bond donors (Lipinski definition) is 2. The molecule has 0 atom stereocenters. The van der Waals surface area contributed by atoms with Crippen LogP contribution in [0.25, 0.3) is 21.9 Å². The number of carboxylic acids is 1. The first-order valence-electron chi connectivity index (χ1n) is 5.40. The SMILES string of the molecule is Cn1nc2c([nH]c3ccc(F)cc32)c(C(=O)O)c1=O. The molecule has 19 heavy (non-hydrogen) atoms. The molecule has 0 unspecified atom stereocenters. The third-order valence-electron chi connectivity index (χ3n) is 2.95. The fraction of sp³-hybridized carbons (Fsp3) is 0.0833. The number of aromatic nitrogens is 3. The zero-order valence-electron chi connectivity index (χ0n) is 9.77. The molecule has 0 radical (unpaired) electrons. The second-order valence-corrected chi connectivity index (χ2v) is 4.15. The van der Waals surface area contributed by atoms with Crippen molar-refractivity contribution in [2.24, 2.45) is 7.05 Å². The number of benzene rings is 1. The standard InChI is InChI=1S/C12H8FN3O3/c1-16-11(17)8(12(18)19)10-9(15-16)6-4-5(13)2-3-7(6)14-10/h2-4,14H,1H3,(H,18,19). The van der Waals surface area contributed by atoms with Crippen molar-refractivity contribution in [1.82, 2.24) is 14.8 Å². The Labute approximate surface area is 105 Å². The largest absolute Gasteiger partial charge is 0.477 e. The second kappa shape index (κ2) is 3.64. The number of nitrogens with one attached hydrogen (secondary N) is 1. The van der Waals surface area contributed by atoms with Gasteiger partial charge >= 0.3 is 5.97 Å². The van der Waals surface area contributed by atoms with Crippen LogP contribution in [0, 0.1) is 5.82 Å². The van der Waals surface area contributed by atoms with Crippen molar-refractivity contribution >= 4 is 27.9 Å². The Kier molecular flexibility index (Phi) is 2.19. The monoisotopic (exact) mass is 261 g/mol. The van der Waals surface area contributed by atoms with Gasteiger partial charge in [-0.1, -0.05) is 0 Å². The summed E-state index contributed by atoms with van der Waals surface area (Å²) in [5, 5.41) is 13.6. The molecule has 3 rings (SSSR count). The Balaban J connectivity index is 2.61. The predicted molar refractivity (Wildman–Crippen MR) is 65.8 cm³/mol. The summed E-state index contributed by atoms with van der Waals surface area (Å²) in [5.41, 5.74) is -0.224. The Hall–Kier alpha value is -2.70. The Morgan fingerprint density at radius 1 is 1.47 bits per heavy atom. The highest BCUT2D eigenvalue weighted by Gasteiger charge is 2.20. The third-order valence-corrected chi connectivity index (χ3v) is 2.95. The van der Waals surface area contributed by atoms with Gasteiger partial charge in [0.1, 0.15) is 11.3 Å². The quantitative estimate of drug-likeness (QED) is 0.690. The van der Waals surface area contributed by atoms with Gasteiger partial charge in [-0.3, -0.25) is 4.79 Å². The maximum Gasteiger partial charge on any atom is 0.343 e. The first-order valence-corrected chi connectivity index (χ1v) is 5.40. The van der Waals surface area contributed by atoms with E-state index >= 15 is 0 Å². The number of aromatic amines is 1. The van der Waals surface area contributed by atoms with E-state index in [2.05, 4.69) is 10.1 Å². The molecule has 6 nitrogen and oxygen atoms in total. The van der Waals surface area contributed by atoms with E-state index in [-0.39, 0.29) is 11.0 Å². The molecule has 0 amide bonds. The van der Waals surface area contributed by atoms with E-state index in [1.54, 1.807) is 0 Å². The summed E-state index contributed by atoms with van der Waals surface area (Å²) in [5.74, 6) is -1.80. The van der Waals surface area contributed by atoms with E-state index in [4.69, 9.17) is 5.11 Å². The molecule has 3 aromatic rings. The average molecular weight is 261 g/mol. The first kappa shape index (κ1) is 11.4. The second-order valence-electron chi connectivity index (χ2n) is 4.15. The van der Waals surface area contributed by atoms with Gasteiger partial charge in [-0.15, -0.1) is 0 Å². The maximum absolute atomic E-state index is 13.3. The van der Waals surface area contributed by atoms with Crippen molar-refractivity contribution in [2.45, 2.75) is 0 Å². The molecule has 2 aromatic heterocycles. The molecule has 0 saturated carbocycles. The number of carboxylic acid groups (broad SMARTS) is 1. The summed E-state index contributed by atoms with van der Waals surface area (Å²) in [6.07, 6.45) is 0. The van der Waals surface area contributed by atoms with E-state index in [0.717, 1.165) is 4.68 Å². The van der Waals surface area contributed by atoms with Gasteiger partial charge in [-0.2, -0.15) is 5.10 Å². The number of carbonyl (C=O) groups is 1. The molecule has 0 aliphatic carbocycles. The highest BCUT2D eigenvalue weighted by Crippen LogP contribution is 2.25. The Morgan fingerprint density at radius 3 is 2.89 bits per heavy atom. The summed E-state index contributed by atoms with van der Waals surface area (Å²) in [6.45, 7) is 0. The number of fused-ring (bicyclic) bond motifs is 3. The minimum atomic E-state index is -1.35. The smallest absolute Gasteiger partial charge is 0.343 e. The number of aromatic carboxylic acids is 1. The lowest BCUT2D eigenvalue weighted by molar-refractivity contribution is 0.0696. The van der Waals surface area contributed by atoms with Crippen LogP contribution in [-0.4, -0.2) is 25.8 Å². The maximum atomic E-state index is 13.3. The molecule has 0 spiro atoms. The molecule has 96 valence electrons. The van der Waals surface area contributed by atoms with Gasteiger partial charge in [0.25, 0.3) is 5.56 Å². The lowest BCUT2D eigenvalue weighted by Gasteiger charge is -2.00. The zero-order chi connectivity index (χ0) is 13.7. The van der Waals surface area contributed by atoms with Gasteiger partial charge in [0.2, 0.25) is 0 Å². The van der Waals surface area contributed by atoms with Crippen molar-refractivity contribution in [3.63, 3.8) is 0 Å². The van der Waals surface area contributed by atoms with E-state index in [9.17, 15) is 14.0 Å². The molecule has 0 aliphatic heterocycles. The van der Waals surface area contributed by atoms with Crippen molar-refractivity contribution in [3.05, 3.63) is 39.9 Å². The topological polar surface area (TPSA) is 88.0 Å². The molecule has 0 saturated heterocycles. The van der Waals surface area contributed by atoms with Crippen LogP contribution < -0.4 is 5.56 Å². The molecule has 0 fully saturated rings. The van der Waals surface area contributed by atoms with Crippen LogP contribution in [0.2, 0.25) is 0 Å². The normalized spacial score (nSPS) is 11.3. The van der Waals surface area contributed by atoms with Crippen molar-refractivity contribution in [3.8, 4) is 0 Å². The summed E-state index contributed by atoms with van der Waals surface area (Å²) < 4.78 is 14.2. The summed E-state index contributed by atoms with van der Waals surface area (Å²) >= 11 is 0. The van der Waals surface area contributed by atoms with Crippen LogP contribution in [0.1, 0.15) is 10.4 Å². The zero-order valence-corrected chi connectivity index (χ0v) is 9.77. The summed E-state index contributed by atoms with van der Waals surface area (Å²) in [4.78, 5) is 25.8. The van der Waals surface area contributed by atoms with E-state index in [1.165, 1.54) is 25.2 Å². The van der Waals surface area contributed by atoms with Gasteiger partial charge in [0, 0.05) is 18.0 Å².